The lowest BCUT2D eigenvalue weighted by molar-refractivity contribution is -0.862. The average Bonchev–Trinajstić information content (AvgIpc) is 2.62. The maximum atomic E-state index is 13.1. The molecule has 0 heterocycles. The van der Waals surface area contributed by atoms with Crippen molar-refractivity contribution < 1.29 is 32.4 Å². The van der Waals surface area contributed by atoms with Gasteiger partial charge in [-0.2, -0.15) is 8.78 Å². The summed E-state index contributed by atoms with van der Waals surface area (Å²) in [6.45, 7) is -2.35. The molecule has 2 aromatic carbocycles. The van der Waals surface area contributed by atoms with Crippen LogP contribution in [-0.2, 0) is 16.0 Å². The van der Waals surface area contributed by atoms with Crippen LogP contribution in [0, 0.1) is 5.82 Å². The Balaban J connectivity index is 1.67. The Morgan fingerprint density at radius 1 is 1.07 bits per heavy atom. The van der Waals surface area contributed by atoms with E-state index in [0.717, 1.165) is 5.56 Å². The van der Waals surface area contributed by atoms with Crippen LogP contribution in [0.25, 0.3) is 0 Å². The predicted octanol–water partition coefficient (Wildman–Crippen LogP) is 1.24. The van der Waals surface area contributed by atoms with E-state index in [1.807, 2.05) is 0 Å². The minimum atomic E-state index is -2.87. The van der Waals surface area contributed by atoms with Gasteiger partial charge in [0.2, 0.25) is 0 Å². The Labute approximate surface area is 166 Å². The Bertz CT molecular complexity index is 816. The monoisotopic (exact) mass is 410 g/mol. The van der Waals surface area contributed by atoms with E-state index in [0.29, 0.717) is 23.6 Å². The summed E-state index contributed by atoms with van der Waals surface area (Å²) in [5, 5.41) is 5.33. The molecular formula is C20H23F3N3O3+. The van der Waals surface area contributed by atoms with Crippen molar-refractivity contribution in [1.29, 1.82) is 0 Å². The van der Waals surface area contributed by atoms with E-state index in [-0.39, 0.29) is 30.7 Å². The molecule has 0 saturated heterocycles. The Morgan fingerprint density at radius 2 is 1.76 bits per heavy atom. The zero-order valence-corrected chi connectivity index (χ0v) is 15.9. The van der Waals surface area contributed by atoms with Crippen molar-refractivity contribution in [2.24, 2.45) is 0 Å². The number of rotatable bonds is 10. The molecule has 1 atom stereocenters. The number of ether oxygens (including phenoxy) is 1. The molecule has 9 heteroatoms. The minimum Gasteiger partial charge on any atom is -0.435 e. The van der Waals surface area contributed by atoms with E-state index in [1.54, 1.807) is 25.2 Å². The van der Waals surface area contributed by atoms with E-state index < -0.39 is 12.4 Å². The third kappa shape index (κ3) is 8.65. The fourth-order valence-electron chi connectivity index (χ4n) is 2.63. The Kier molecular flexibility index (Phi) is 8.47. The van der Waals surface area contributed by atoms with E-state index in [9.17, 15) is 22.8 Å². The van der Waals surface area contributed by atoms with Gasteiger partial charge in [0.25, 0.3) is 11.8 Å². The fraction of sp³-hybridized carbons (Fsp3) is 0.300. The van der Waals surface area contributed by atoms with Crippen molar-refractivity contribution in [1.82, 2.24) is 5.32 Å². The van der Waals surface area contributed by atoms with Crippen LogP contribution in [0.2, 0.25) is 0 Å². The number of amides is 2. The molecular weight excluding hydrogens is 387 g/mol. The zero-order valence-electron chi connectivity index (χ0n) is 15.9. The summed E-state index contributed by atoms with van der Waals surface area (Å²) < 4.78 is 41.6. The van der Waals surface area contributed by atoms with Crippen molar-refractivity contribution in [3.63, 3.8) is 0 Å². The summed E-state index contributed by atoms with van der Waals surface area (Å²) in [5.74, 6) is -0.917. The molecule has 0 spiro atoms. The second kappa shape index (κ2) is 11.1. The summed E-state index contributed by atoms with van der Waals surface area (Å²) in [6, 6.07) is 11.8. The largest absolute Gasteiger partial charge is 0.435 e. The molecule has 0 aliphatic heterocycles. The van der Waals surface area contributed by atoms with Crippen LogP contribution >= 0.6 is 0 Å². The first-order chi connectivity index (χ1) is 13.8. The van der Waals surface area contributed by atoms with Crippen molar-refractivity contribution in [2.75, 3.05) is 32.0 Å². The first kappa shape index (κ1) is 22.2. The standard InChI is InChI=1S/C20H22F3N3O3/c1-26(13-19(28)25-16-4-2-3-15(21)11-16)12-18(27)24-10-9-14-5-7-17(8-6-14)29-20(22)23/h2-8,11,20H,9-10,12-13H2,1H3,(H,24,27)(H,25,28)/p+1. The number of carbonyl (C=O) groups excluding carboxylic acids is 2. The van der Waals surface area contributed by atoms with Crippen LogP contribution in [-0.4, -0.2) is 45.1 Å². The lowest BCUT2D eigenvalue weighted by Gasteiger charge is -2.14. The second-order valence-corrected chi connectivity index (χ2v) is 6.49. The van der Waals surface area contributed by atoms with Gasteiger partial charge in [0.15, 0.2) is 13.1 Å². The summed E-state index contributed by atoms with van der Waals surface area (Å²) >= 11 is 0. The number of anilines is 1. The molecule has 2 rings (SSSR count). The van der Waals surface area contributed by atoms with E-state index in [1.165, 1.54) is 30.3 Å². The quantitative estimate of drug-likeness (QED) is 0.552. The number of carbonyl (C=O) groups is 2. The number of hydrogen-bond donors (Lipinski definition) is 3. The van der Waals surface area contributed by atoms with Crippen LogP contribution in [0.1, 0.15) is 5.56 Å². The zero-order chi connectivity index (χ0) is 21.2. The number of halogens is 3. The van der Waals surface area contributed by atoms with Gasteiger partial charge in [0.05, 0.1) is 7.05 Å². The molecule has 0 radical (unpaired) electrons. The van der Waals surface area contributed by atoms with Crippen molar-refractivity contribution in [3.05, 3.63) is 59.9 Å². The molecule has 0 fully saturated rings. The topological polar surface area (TPSA) is 71.9 Å². The Hall–Kier alpha value is -3.07. The predicted molar refractivity (Wildman–Crippen MR) is 101 cm³/mol. The van der Waals surface area contributed by atoms with Crippen LogP contribution < -0.4 is 20.3 Å². The second-order valence-electron chi connectivity index (χ2n) is 6.49. The number of hydrogen-bond acceptors (Lipinski definition) is 3. The summed E-state index contributed by atoms with van der Waals surface area (Å²) in [4.78, 5) is 24.6. The van der Waals surface area contributed by atoms with Gasteiger partial charge >= 0.3 is 6.61 Å². The SMILES string of the molecule is C[NH+](CC(=O)NCCc1ccc(OC(F)F)cc1)CC(=O)Nc1cccc(F)c1. The molecule has 3 N–H and O–H groups in total. The lowest BCUT2D eigenvalue weighted by atomic mass is 10.1. The van der Waals surface area contributed by atoms with Gasteiger partial charge in [-0.05, 0) is 42.3 Å². The normalized spacial score (nSPS) is 11.8. The summed E-state index contributed by atoms with van der Waals surface area (Å²) in [5.41, 5.74) is 1.22. The van der Waals surface area contributed by atoms with Crippen LogP contribution in [0.15, 0.2) is 48.5 Å². The molecule has 1 unspecified atom stereocenters. The molecule has 2 aromatic rings. The Morgan fingerprint density at radius 3 is 2.41 bits per heavy atom. The molecule has 0 aliphatic carbocycles. The lowest BCUT2D eigenvalue weighted by Crippen LogP contribution is -3.11. The van der Waals surface area contributed by atoms with Crippen molar-refractivity contribution in [3.8, 4) is 5.75 Å². The summed E-state index contributed by atoms with van der Waals surface area (Å²) in [7, 11) is 1.70. The number of benzene rings is 2. The highest BCUT2D eigenvalue weighted by atomic mass is 19.3. The molecule has 29 heavy (non-hydrogen) atoms. The highest BCUT2D eigenvalue weighted by Crippen LogP contribution is 2.15. The van der Waals surface area contributed by atoms with Crippen molar-refractivity contribution >= 4 is 17.5 Å². The van der Waals surface area contributed by atoms with Gasteiger partial charge in [-0.25, -0.2) is 4.39 Å². The first-order valence-corrected chi connectivity index (χ1v) is 8.99. The fourth-order valence-corrected chi connectivity index (χ4v) is 2.63. The number of likely N-dealkylation sites (N-methyl/N-ethyl adjacent to an activating group) is 1. The molecule has 0 saturated carbocycles. The maximum Gasteiger partial charge on any atom is 0.387 e. The third-order valence-electron chi connectivity index (χ3n) is 3.92. The number of nitrogens with one attached hydrogen (secondary N) is 3. The average molecular weight is 410 g/mol. The van der Waals surface area contributed by atoms with Crippen LogP contribution in [0.4, 0.5) is 18.9 Å². The van der Waals surface area contributed by atoms with Gasteiger partial charge in [0.1, 0.15) is 11.6 Å². The molecule has 156 valence electrons. The van der Waals surface area contributed by atoms with Gasteiger partial charge in [-0.15, -0.1) is 0 Å². The van der Waals surface area contributed by atoms with Gasteiger partial charge in [-0.1, -0.05) is 18.2 Å². The molecule has 2 amide bonds. The molecule has 0 aliphatic rings. The highest BCUT2D eigenvalue weighted by molar-refractivity contribution is 5.91. The van der Waals surface area contributed by atoms with Crippen molar-refractivity contribution in [2.45, 2.75) is 13.0 Å². The van der Waals surface area contributed by atoms with E-state index in [2.05, 4.69) is 15.4 Å². The third-order valence-corrected chi connectivity index (χ3v) is 3.92. The minimum absolute atomic E-state index is 0.0511. The van der Waals surface area contributed by atoms with E-state index in [4.69, 9.17) is 0 Å². The maximum absolute atomic E-state index is 13.1. The first-order valence-electron chi connectivity index (χ1n) is 8.99. The molecule has 6 nitrogen and oxygen atoms in total. The number of alkyl halides is 2. The van der Waals surface area contributed by atoms with Gasteiger partial charge in [0, 0.05) is 12.2 Å². The van der Waals surface area contributed by atoms with Gasteiger partial charge in [-0.3, -0.25) is 9.59 Å². The van der Waals surface area contributed by atoms with E-state index >= 15 is 0 Å². The number of quaternary nitrogens is 1. The smallest absolute Gasteiger partial charge is 0.387 e. The molecule has 0 bridgehead atoms. The van der Waals surface area contributed by atoms with Gasteiger partial charge < -0.3 is 20.3 Å². The van der Waals surface area contributed by atoms with Crippen LogP contribution in [0.5, 0.6) is 5.75 Å². The summed E-state index contributed by atoms with van der Waals surface area (Å²) in [6.07, 6.45) is 0.528. The van der Waals surface area contributed by atoms with Crippen LogP contribution in [0.3, 0.4) is 0 Å². The highest BCUT2D eigenvalue weighted by Gasteiger charge is 2.14. The molecule has 0 aromatic heterocycles.